The van der Waals surface area contributed by atoms with Crippen LogP contribution in [0.4, 0.5) is 5.69 Å². The minimum absolute atomic E-state index is 0.0322. The molecule has 4 N–H and O–H groups in total. The highest BCUT2D eigenvalue weighted by Gasteiger charge is 2.19. The van der Waals surface area contributed by atoms with E-state index < -0.39 is 16.1 Å². The molecule has 0 radical (unpaired) electrons. The van der Waals surface area contributed by atoms with Gasteiger partial charge in [0.05, 0.1) is 13.2 Å². The summed E-state index contributed by atoms with van der Waals surface area (Å²) in [6, 6.07) is 4.33. The van der Waals surface area contributed by atoms with E-state index in [4.69, 9.17) is 15.6 Å². The van der Waals surface area contributed by atoms with Gasteiger partial charge in [-0.25, -0.2) is 13.1 Å². The first kappa shape index (κ1) is 14.7. The first-order valence-electron chi connectivity index (χ1n) is 5.48. The number of nitrogen functional groups attached to an aromatic ring is 1. The van der Waals surface area contributed by atoms with Crippen molar-refractivity contribution < 1.29 is 18.3 Å². The molecule has 1 rings (SSSR count). The Labute approximate surface area is 107 Å². The predicted molar refractivity (Wildman–Crippen MR) is 68.9 cm³/mol. The molecule has 0 amide bonds. The number of nitrogens with two attached hydrogens (primary N) is 1. The fourth-order valence-corrected chi connectivity index (χ4v) is 2.58. The number of aliphatic hydroxyl groups is 1. The zero-order valence-corrected chi connectivity index (χ0v) is 11.2. The van der Waals surface area contributed by atoms with Crippen LogP contribution in [0.2, 0.25) is 0 Å². The molecule has 102 valence electrons. The fourth-order valence-electron chi connectivity index (χ4n) is 1.39. The number of rotatable bonds is 6. The first-order valence-corrected chi connectivity index (χ1v) is 6.96. The van der Waals surface area contributed by atoms with E-state index in [0.29, 0.717) is 12.1 Å². The third kappa shape index (κ3) is 3.86. The Hall–Kier alpha value is -1.31. The lowest BCUT2D eigenvalue weighted by Crippen LogP contribution is -2.27. The summed E-state index contributed by atoms with van der Waals surface area (Å²) in [6.45, 7) is 1.76. The minimum atomic E-state index is -3.66. The van der Waals surface area contributed by atoms with Crippen LogP contribution in [0.1, 0.15) is 13.3 Å². The van der Waals surface area contributed by atoms with Crippen LogP contribution < -0.4 is 15.2 Å². The molecule has 0 saturated heterocycles. The maximum Gasteiger partial charge on any atom is 0.244 e. The lowest BCUT2D eigenvalue weighted by Gasteiger charge is -2.11. The van der Waals surface area contributed by atoms with Crippen LogP contribution in [0.3, 0.4) is 0 Å². The Morgan fingerprint density at radius 1 is 1.50 bits per heavy atom. The van der Waals surface area contributed by atoms with Gasteiger partial charge in [0.1, 0.15) is 10.6 Å². The smallest absolute Gasteiger partial charge is 0.244 e. The van der Waals surface area contributed by atoms with Gasteiger partial charge in [0.25, 0.3) is 0 Å². The van der Waals surface area contributed by atoms with Crippen molar-refractivity contribution in [2.24, 2.45) is 0 Å². The van der Waals surface area contributed by atoms with E-state index in [1.54, 1.807) is 6.92 Å². The second-order valence-electron chi connectivity index (χ2n) is 3.95. The van der Waals surface area contributed by atoms with Crippen molar-refractivity contribution in [3.63, 3.8) is 0 Å². The normalized spacial score (nSPS) is 13.3. The van der Waals surface area contributed by atoms with Gasteiger partial charge < -0.3 is 15.6 Å². The number of anilines is 1. The van der Waals surface area contributed by atoms with Gasteiger partial charge in [0.15, 0.2) is 0 Å². The van der Waals surface area contributed by atoms with Crippen molar-refractivity contribution in [2.75, 3.05) is 19.4 Å². The van der Waals surface area contributed by atoms with Crippen LogP contribution in [0.25, 0.3) is 0 Å². The van der Waals surface area contributed by atoms with Gasteiger partial charge >= 0.3 is 0 Å². The molecule has 1 aromatic carbocycles. The molecule has 0 aliphatic carbocycles. The Morgan fingerprint density at radius 2 is 2.17 bits per heavy atom. The lowest BCUT2D eigenvalue weighted by molar-refractivity contribution is 0.186. The first-order chi connectivity index (χ1) is 8.36. The summed E-state index contributed by atoms with van der Waals surface area (Å²) in [7, 11) is -2.28. The summed E-state index contributed by atoms with van der Waals surface area (Å²) in [6.07, 6.45) is -0.211. The maximum atomic E-state index is 12.0. The molecule has 7 heteroatoms. The van der Waals surface area contributed by atoms with Crippen LogP contribution in [-0.2, 0) is 10.0 Å². The Balaban J connectivity index is 2.91. The quantitative estimate of drug-likeness (QED) is 0.649. The molecule has 0 heterocycles. The van der Waals surface area contributed by atoms with Crippen LogP contribution in [-0.4, -0.2) is 33.3 Å². The monoisotopic (exact) mass is 274 g/mol. The van der Waals surface area contributed by atoms with Gasteiger partial charge in [0.2, 0.25) is 10.0 Å². The second-order valence-corrected chi connectivity index (χ2v) is 5.68. The average Bonchev–Trinajstić information content (AvgIpc) is 2.27. The van der Waals surface area contributed by atoms with Crippen molar-refractivity contribution >= 4 is 15.7 Å². The maximum absolute atomic E-state index is 12.0. The third-order valence-electron chi connectivity index (χ3n) is 2.33. The van der Waals surface area contributed by atoms with Gasteiger partial charge in [-0.05, 0) is 25.5 Å². The van der Waals surface area contributed by atoms with Crippen LogP contribution in [0.5, 0.6) is 5.75 Å². The molecule has 0 saturated carbocycles. The number of hydrogen-bond donors (Lipinski definition) is 3. The molecule has 1 unspecified atom stereocenters. The zero-order chi connectivity index (χ0) is 13.8. The number of methoxy groups -OCH3 is 1. The molecule has 0 spiro atoms. The Morgan fingerprint density at radius 3 is 2.72 bits per heavy atom. The second kappa shape index (κ2) is 6.03. The van der Waals surface area contributed by atoms with E-state index in [1.165, 1.54) is 25.3 Å². The van der Waals surface area contributed by atoms with Gasteiger partial charge in [-0.3, -0.25) is 0 Å². The lowest BCUT2D eigenvalue weighted by atomic mass is 10.3. The van der Waals surface area contributed by atoms with E-state index in [9.17, 15) is 8.42 Å². The Bertz CT molecular complexity index is 500. The molecule has 0 aliphatic heterocycles. The highest BCUT2D eigenvalue weighted by atomic mass is 32.2. The average molecular weight is 274 g/mol. The van der Waals surface area contributed by atoms with Crippen molar-refractivity contribution in [1.82, 2.24) is 4.72 Å². The standard InChI is InChI=1S/C11H18N2O4S/c1-8(14)5-6-13-18(15,16)11-4-3-9(12)7-10(11)17-2/h3-4,7-8,13-14H,5-6,12H2,1-2H3. The Kier molecular flexibility index (Phi) is 4.94. The number of aliphatic hydroxyl groups excluding tert-OH is 1. The molecular weight excluding hydrogens is 256 g/mol. The molecule has 0 bridgehead atoms. The SMILES string of the molecule is COc1cc(N)ccc1S(=O)(=O)NCCC(C)O. The summed E-state index contributed by atoms with van der Waals surface area (Å²) in [5.41, 5.74) is 5.98. The van der Waals surface area contributed by atoms with Gasteiger partial charge in [0, 0.05) is 18.3 Å². The zero-order valence-electron chi connectivity index (χ0n) is 10.4. The molecule has 18 heavy (non-hydrogen) atoms. The molecule has 0 aromatic heterocycles. The van der Waals surface area contributed by atoms with Crippen LogP contribution >= 0.6 is 0 Å². The van der Waals surface area contributed by atoms with Gasteiger partial charge in [-0.2, -0.15) is 0 Å². The van der Waals surface area contributed by atoms with Crippen LogP contribution in [0, 0.1) is 0 Å². The van der Waals surface area contributed by atoms with E-state index in [2.05, 4.69) is 4.72 Å². The summed E-state index contributed by atoms with van der Waals surface area (Å²) >= 11 is 0. The van der Waals surface area contributed by atoms with Gasteiger partial charge in [-0.15, -0.1) is 0 Å². The minimum Gasteiger partial charge on any atom is -0.495 e. The topological polar surface area (TPSA) is 102 Å². The molecule has 1 atom stereocenters. The highest BCUT2D eigenvalue weighted by Crippen LogP contribution is 2.25. The van der Waals surface area contributed by atoms with Crippen LogP contribution in [0.15, 0.2) is 23.1 Å². The highest BCUT2D eigenvalue weighted by molar-refractivity contribution is 7.89. The molecular formula is C11H18N2O4S. The van der Waals surface area contributed by atoms with Crippen molar-refractivity contribution in [1.29, 1.82) is 0 Å². The van der Waals surface area contributed by atoms with E-state index >= 15 is 0 Å². The molecule has 1 aromatic rings. The predicted octanol–water partition coefficient (Wildman–Crippen LogP) is 0.327. The van der Waals surface area contributed by atoms with Crippen molar-refractivity contribution in [3.05, 3.63) is 18.2 Å². The van der Waals surface area contributed by atoms with Crippen molar-refractivity contribution in [3.8, 4) is 5.75 Å². The molecule has 0 aliphatic rings. The molecule has 6 nitrogen and oxygen atoms in total. The summed E-state index contributed by atoms with van der Waals surface area (Å²) < 4.78 is 31.4. The summed E-state index contributed by atoms with van der Waals surface area (Å²) in [5.74, 6) is 0.194. The van der Waals surface area contributed by atoms with Gasteiger partial charge in [-0.1, -0.05) is 0 Å². The summed E-state index contributed by atoms with van der Waals surface area (Å²) in [5, 5.41) is 9.08. The number of ether oxygens (including phenoxy) is 1. The van der Waals surface area contributed by atoms with E-state index in [-0.39, 0.29) is 17.2 Å². The third-order valence-corrected chi connectivity index (χ3v) is 3.83. The number of benzene rings is 1. The largest absolute Gasteiger partial charge is 0.495 e. The van der Waals surface area contributed by atoms with E-state index in [0.717, 1.165) is 0 Å². The summed E-state index contributed by atoms with van der Waals surface area (Å²) in [4.78, 5) is 0.0322. The fraction of sp³-hybridized carbons (Fsp3) is 0.455. The number of hydrogen-bond acceptors (Lipinski definition) is 5. The molecule has 0 fully saturated rings. The number of nitrogens with one attached hydrogen (secondary N) is 1. The number of sulfonamides is 1. The van der Waals surface area contributed by atoms with Crippen molar-refractivity contribution in [2.45, 2.75) is 24.3 Å². The van der Waals surface area contributed by atoms with E-state index in [1.807, 2.05) is 0 Å².